The van der Waals surface area contributed by atoms with Gasteiger partial charge in [-0.05, 0) is 54.0 Å². The average Bonchev–Trinajstić information content (AvgIpc) is 3.56. The first-order valence-corrected chi connectivity index (χ1v) is 17.6. The van der Waals surface area contributed by atoms with Crippen LogP contribution in [-0.2, 0) is 0 Å². The fraction of sp³-hybridized carbons (Fsp3) is 0.0444. The van der Waals surface area contributed by atoms with Crippen molar-refractivity contribution in [3.8, 4) is 34.2 Å². The van der Waals surface area contributed by atoms with Crippen molar-refractivity contribution in [1.82, 2.24) is 15.0 Å². The highest BCUT2D eigenvalue weighted by atomic mass is 32.1. The Labute approximate surface area is 302 Å². The summed E-state index contributed by atoms with van der Waals surface area (Å²) in [7, 11) is 0. The van der Waals surface area contributed by atoms with E-state index < -0.39 is 0 Å². The number of fused-ring (bicyclic) bond motifs is 3. The number of hydrogen-bond donors (Lipinski definition) is 0. The monoisotopic (exact) mass is 677 g/mol. The summed E-state index contributed by atoms with van der Waals surface area (Å²) in [5.41, 5.74) is 6.48. The zero-order valence-corrected chi connectivity index (χ0v) is 29.1. The molecule has 0 saturated heterocycles. The van der Waals surface area contributed by atoms with Crippen molar-refractivity contribution in [2.24, 2.45) is 9.98 Å². The maximum absolute atomic E-state index is 5.06. The predicted molar refractivity (Wildman–Crippen MR) is 217 cm³/mol. The Morgan fingerprint density at radius 1 is 0.765 bits per heavy atom. The normalized spacial score (nSPS) is 14.5. The number of rotatable bonds is 9. The first-order valence-electron chi connectivity index (χ1n) is 16.8. The number of amidine groups is 1. The predicted octanol–water partition coefficient (Wildman–Crippen LogP) is 11.7. The molecule has 0 aliphatic heterocycles. The number of nitrogens with zero attached hydrogens (tertiary/aromatic N) is 5. The molecule has 5 nitrogen and oxygen atoms in total. The van der Waals surface area contributed by atoms with Crippen molar-refractivity contribution in [3.05, 3.63) is 188 Å². The lowest BCUT2D eigenvalue weighted by Gasteiger charge is -2.10. The minimum Gasteiger partial charge on any atom is -0.237 e. The largest absolute Gasteiger partial charge is 0.237 e. The molecule has 0 amide bonds. The van der Waals surface area contributed by atoms with E-state index in [2.05, 4.69) is 62.6 Å². The van der Waals surface area contributed by atoms with Crippen molar-refractivity contribution in [2.45, 2.75) is 13.3 Å². The minimum atomic E-state index is 0.588. The van der Waals surface area contributed by atoms with Crippen molar-refractivity contribution in [3.63, 3.8) is 0 Å². The molecule has 6 aromatic rings. The molecule has 0 unspecified atom stereocenters. The molecule has 2 aromatic heterocycles. The van der Waals surface area contributed by atoms with Crippen molar-refractivity contribution >= 4 is 43.1 Å². The molecule has 7 rings (SSSR count). The van der Waals surface area contributed by atoms with Gasteiger partial charge in [-0.2, -0.15) is 0 Å². The van der Waals surface area contributed by atoms with Gasteiger partial charge in [-0.3, -0.25) is 0 Å². The number of benzene rings is 4. The molecule has 51 heavy (non-hydrogen) atoms. The highest BCUT2D eigenvalue weighted by Gasteiger charge is 2.18. The summed E-state index contributed by atoms with van der Waals surface area (Å²) in [6, 6.07) is 32.8. The summed E-state index contributed by atoms with van der Waals surface area (Å²) in [5.74, 6) is 2.46. The van der Waals surface area contributed by atoms with Crippen LogP contribution in [0, 0.1) is 0 Å². The maximum Gasteiger partial charge on any atom is 0.164 e. The van der Waals surface area contributed by atoms with Gasteiger partial charge in [-0.15, -0.1) is 11.3 Å². The van der Waals surface area contributed by atoms with Gasteiger partial charge < -0.3 is 0 Å². The van der Waals surface area contributed by atoms with E-state index >= 15 is 0 Å². The second kappa shape index (κ2) is 15.5. The van der Waals surface area contributed by atoms with Crippen LogP contribution >= 0.6 is 11.3 Å². The number of thiophene rings is 1. The molecular weight excluding hydrogens is 643 g/mol. The average molecular weight is 678 g/mol. The van der Waals surface area contributed by atoms with E-state index in [0.29, 0.717) is 23.3 Å². The lowest BCUT2D eigenvalue weighted by molar-refractivity contribution is 1.08. The van der Waals surface area contributed by atoms with Crippen LogP contribution < -0.4 is 0 Å². The van der Waals surface area contributed by atoms with Crippen LogP contribution in [0.3, 0.4) is 0 Å². The molecule has 0 bridgehead atoms. The Morgan fingerprint density at radius 3 is 2.16 bits per heavy atom. The van der Waals surface area contributed by atoms with Gasteiger partial charge in [0, 0.05) is 48.6 Å². The zero-order valence-electron chi connectivity index (χ0n) is 28.3. The minimum absolute atomic E-state index is 0.588. The van der Waals surface area contributed by atoms with Crippen LogP contribution in [0.1, 0.15) is 18.9 Å². The smallest absolute Gasteiger partial charge is 0.164 e. The summed E-state index contributed by atoms with van der Waals surface area (Å²) in [5, 5.41) is 2.17. The van der Waals surface area contributed by atoms with E-state index in [4.69, 9.17) is 24.9 Å². The first kappa shape index (κ1) is 33.1. The van der Waals surface area contributed by atoms with Gasteiger partial charge in [-0.25, -0.2) is 24.9 Å². The molecule has 0 spiro atoms. The number of allylic oxidation sites excluding steroid dienone is 11. The molecule has 0 atom stereocenters. The van der Waals surface area contributed by atoms with Gasteiger partial charge in [0.25, 0.3) is 0 Å². The molecule has 4 aromatic carbocycles. The Bertz CT molecular complexity index is 2420. The van der Waals surface area contributed by atoms with E-state index in [1.54, 1.807) is 23.6 Å². The first-order chi connectivity index (χ1) is 25.1. The number of aromatic nitrogens is 3. The molecule has 0 radical (unpaired) electrons. The highest BCUT2D eigenvalue weighted by molar-refractivity contribution is 7.25. The van der Waals surface area contributed by atoms with E-state index in [1.165, 1.54) is 5.57 Å². The van der Waals surface area contributed by atoms with Crippen molar-refractivity contribution in [2.75, 3.05) is 0 Å². The van der Waals surface area contributed by atoms with E-state index in [-0.39, 0.29) is 0 Å². The third kappa shape index (κ3) is 7.47. The summed E-state index contributed by atoms with van der Waals surface area (Å²) < 4.78 is 2.30. The molecule has 2 heterocycles. The Balaban J connectivity index is 1.38. The summed E-state index contributed by atoms with van der Waals surface area (Å²) in [6.07, 6.45) is 20.3. The van der Waals surface area contributed by atoms with Crippen molar-refractivity contribution in [1.29, 1.82) is 0 Å². The quantitative estimate of drug-likeness (QED) is 0.0869. The highest BCUT2D eigenvalue weighted by Crippen LogP contribution is 2.40. The standard InChI is InChI=1S/C45H35N5S/c1-4-17-32(5-2)19-14-15-29-46-42(47-38-25-13-12-18-31(38)3)35-27-28-39-37(30-35)41-36(24-16-26-40(41)51-39)45-49-43(33-20-8-6-9-21-33)48-44(50-45)34-22-10-7-11-23-34/h4,6-30H,1,3,5H2,2H3/b19-14-,29-15-,32-17+,46-42?,47-38?. The Hall–Kier alpha value is -6.37. The summed E-state index contributed by atoms with van der Waals surface area (Å²) >= 11 is 1.74. The molecule has 6 heteroatoms. The molecule has 0 N–H and O–H groups in total. The van der Waals surface area contributed by atoms with Crippen LogP contribution in [0.5, 0.6) is 0 Å². The van der Waals surface area contributed by atoms with Crippen LogP contribution in [0.15, 0.2) is 192 Å². The Kier molecular flexibility index (Phi) is 10.0. The fourth-order valence-corrected chi connectivity index (χ4v) is 6.88. The maximum atomic E-state index is 5.06. The lowest BCUT2D eigenvalue weighted by Crippen LogP contribution is -2.05. The molecule has 0 fully saturated rings. The topological polar surface area (TPSA) is 63.4 Å². The van der Waals surface area contributed by atoms with Gasteiger partial charge in [0.1, 0.15) is 0 Å². The fourth-order valence-electron chi connectivity index (χ4n) is 5.77. The third-order valence-corrected chi connectivity index (χ3v) is 9.49. The second-order valence-corrected chi connectivity index (χ2v) is 12.8. The SMILES string of the molecule is C=C/C=C(/C=C\C=C/N=C(N=C1C=CC=CC1=C)c1ccc2sc3cccc(-c4nc(-c5ccccc5)nc(-c5ccccc5)n4)c3c2c1)CC. The van der Waals surface area contributed by atoms with Crippen LogP contribution in [0.2, 0.25) is 0 Å². The molecule has 1 aliphatic carbocycles. The molecule has 246 valence electrons. The summed E-state index contributed by atoms with van der Waals surface area (Å²) in [6.45, 7) is 10.1. The lowest BCUT2D eigenvalue weighted by atomic mass is 10.0. The van der Waals surface area contributed by atoms with Gasteiger partial charge in [0.05, 0.1) is 5.71 Å². The van der Waals surface area contributed by atoms with Gasteiger partial charge in [0.15, 0.2) is 23.3 Å². The Morgan fingerprint density at radius 2 is 1.47 bits per heavy atom. The van der Waals surface area contributed by atoms with E-state index in [9.17, 15) is 0 Å². The van der Waals surface area contributed by atoms with E-state index in [1.807, 2.05) is 103 Å². The molecule has 1 aliphatic rings. The van der Waals surface area contributed by atoms with Crippen LogP contribution in [0.4, 0.5) is 0 Å². The third-order valence-electron chi connectivity index (χ3n) is 8.36. The van der Waals surface area contributed by atoms with Crippen LogP contribution in [-0.4, -0.2) is 26.5 Å². The van der Waals surface area contributed by atoms with E-state index in [0.717, 1.165) is 60.1 Å². The zero-order chi connectivity index (χ0) is 35.0. The van der Waals surface area contributed by atoms with Gasteiger partial charge in [-0.1, -0.05) is 135 Å². The van der Waals surface area contributed by atoms with Crippen molar-refractivity contribution < 1.29 is 0 Å². The van der Waals surface area contributed by atoms with Gasteiger partial charge in [0.2, 0.25) is 0 Å². The van der Waals surface area contributed by atoms with Gasteiger partial charge >= 0.3 is 0 Å². The molecular formula is C45H35N5S. The number of aliphatic imine (C=N–C) groups is 2. The second-order valence-electron chi connectivity index (χ2n) is 11.8. The molecule has 0 saturated carbocycles. The number of hydrogen-bond acceptors (Lipinski definition) is 5. The van der Waals surface area contributed by atoms with Crippen LogP contribution in [0.25, 0.3) is 54.3 Å². The summed E-state index contributed by atoms with van der Waals surface area (Å²) in [4.78, 5) is 24.9.